The predicted octanol–water partition coefficient (Wildman–Crippen LogP) is 2.03. The molecule has 0 aromatic rings. The molecule has 1 heterocycles. The van der Waals surface area contributed by atoms with Gasteiger partial charge in [-0.15, -0.1) is 11.6 Å². The molecule has 4 heteroatoms. The highest BCUT2D eigenvalue weighted by Gasteiger charge is 2.30. The molecule has 1 aliphatic rings. The summed E-state index contributed by atoms with van der Waals surface area (Å²) in [6.07, 6.45) is 2.79. The Hall–Kier alpha value is -0.280. The Balaban J connectivity index is 2.47. The van der Waals surface area contributed by atoms with Gasteiger partial charge in [0.15, 0.2) is 0 Å². The minimum atomic E-state index is -0.227. The molecule has 15 heavy (non-hydrogen) atoms. The molecule has 0 N–H and O–H groups in total. The number of nitrogens with zero attached hydrogens (tertiary/aromatic N) is 1. The van der Waals surface area contributed by atoms with Gasteiger partial charge in [0, 0.05) is 19.0 Å². The number of ether oxygens (including phenoxy) is 1. The fraction of sp³-hybridized carbons (Fsp3) is 0.909. The molecular formula is C11H20ClNO2. The van der Waals surface area contributed by atoms with Crippen LogP contribution in [-0.4, -0.2) is 42.0 Å². The predicted molar refractivity (Wildman–Crippen MR) is 61.2 cm³/mol. The first-order valence-electron chi connectivity index (χ1n) is 5.69. The molecule has 0 saturated carbocycles. The van der Waals surface area contributed by atoms with Crippen LogP contribution in [0.25, 0.3) is 0 Å². The zero-order valence-electron chi connectivity index (χ0n) is 9.54. The van der Waals surface area contributed by atoms with Crippen molar-refractivity contribution >= 4 is 17.5 Å². The lowest BCUT2D eigenvalue weighted by Gasteiger charge is -2.24. The number of alkyl halides is 1. The van der Waals surface area contributed by atoms with Crippen molar-refractivity contribution in [1.82, 2.24) is 4.90 Å². The van der Waals surface area contributed by atoms with Gasteiger partial charge in [-0.1, -0.05) is 6.92 Å². The van der Waals surface area contributed by atoms with Gasteiger partial charge in [0.2, 0.25) is 0 Å². The maximum Gasteiger partial charge on any atom is 0.251 e. The van der Waals surface area contributed by atoms with Gasteiger partial charge in [-0.3, -0.25) is 4.79 Å². The van der Waals surface area contributed by atoms with Crippen LogP contribution in [0.5, 0.6) is 0 Å². The van der Waals surface area contributed by atoms with Gasteiger partial charge in [0.25, 0.3) is 5.91 Å². The third kappa shape index (κ3) is 3.65. The molecular weight excluding hydrogens is 214 g/mol. The highest BCUT2D eigenvalue weighted by atomic mass is 35.5. The highest BCUT2D eigenvalue weighted by molar-refractivity contribution is 6.18. The van der Waals surface area contributed by atoms with E-state index in [9.17, 15) is 4.79 Å². The molecule has 1 aliphatic heterocycles. The number of amides is 1. The quantitative estimate of drug-likeness (QED) is 0.680. The zero-order chi connectivity index (χ0) is 11.3. The maximum absolute atomic E-state index is 12.0. The Morgan fingerprint density at radius 2 is 2.20 bits per heavy atom. The number of hydrogen-bond acceptors (Lipinski definition) is 2. The van der Waals surface area contributed by atoms with Crippen molar-refractivity contribution in [3.63, 3.8) is 0 Å². The average Bonchev–Trinajstić information content (AvgIpc) is 2.63. The van der Waals surface area contributed by atoms with Crippen LogP contribution in [0.3, 0.4) is 0 Å². The first-order chi connectivity index (χ1) is 7.19. The largest absolute Gasteiger partial charge is 0.365 e. The van der Waals surface area contributed by atoms with E-state index in [0.29, 0.717) is 12.4 Å². The lowest BCUT2D eigenvalue weighted by molar-refractivity contribution is -0.142. The molecule has 88 valence electrons. The lowest BCUT2D eigenvalue weighted by Crippen LogP contribution is -2.40. The number of hydrogen-bond donors (Lipinski definition) is 0. The van der Waals surface area contributed by atoms with Gasteiger partial charge < -0.3 is 9.64 Å². The Labute approximate surface area is 96.7 Å². The van der Waals surface area contributed by atoms with Crippen LogP contribution in [0.4, 0.5) is 0 Å². The van der Waals surface area contributed by atoms with E-state index in [4.69, 9.17) is 16.3 Å². The Bertz CT molecular complexity index is 205. The van der Waals surface area contributed by atoms with E-state index in [2.05, 4.69) is 6.92 Å². The summed E-state index contributed by atoms with van der Waals surface area (Å²) in [7, 11) is 0. The minimum Gasteiger partial charge on any atom is -0.365 e. The number of rotatable bonds is 5. The minimum absolute atomic E-state index is 0.113. The van der Waals surface area contributed by atoms with Gasteiger partial charge in [-0.2, -0.15) is 0 Å². The van der Waals surface area contributed by atoms with E-state index in [1.165, 1.54) is 0 Å². The topological polar surface area (TPSA) is 29.5 Å². The van der Waals surface area contributed by atoms with Crippen molar-refractivity contribution < 1.29 is 9.53 Å². The van der Waals surface area contributed by atoms with Crippen molar-refractivity contribution in [2.45, 2.75) is 45.3 Å². The van der Waals surface area contributed by atoms with E-state index in [1.54, 1.807) is 0 Å². The normalized spacial score (nSPS) is 25.5. The number of halogens is 1. The first kappa shape index (κ1) is 12.8. The molecule has 0 aromatic carbocycles. The Kier molecular flexibility index (Phi) is 5.40. The maximum atomic E-state index is 12.0. The lowest BCUT2D eigenvalue weighted by atomic mass is 10.2. The summed E-state index contributed by atoms with van der Waals surface area (Å²) in [5.74, 6) is 0.607. The summed E-state index contributed by atoms with van der Waals surface area (Å²) in [4.78, 5) is 13.8. The number of carbonyl (C=O) groups is 1. The molecule has 0 aromatic heterocycles. The van der Waals surface area contributed by atoms with Crippen LogP contribution in [0.2, 0.25) is 0 Å². The van der Waals surface area contributed by atoms with Crippen LogP contribution in [0.15, 0.2) is 0 Å². The first-order valence-corrected chi connectivity index (χ1v) is 6.22. The van der Waals surface area contributed by atoms with Crippen LogP contribution in [0.1, 0.15) is 33.1 Å². The second-order valence-corrected chi connectivity index (χ2v) is 4.40. The van der Waals surface area contributed by atoms with E-state index < -0.39 is 0 Å². The van der Waals surface area contributed by atoms with Crippen molar-refractivity contribution in [2.24, 2.45) is 0 Å². The smallest absolute Gasteiger partial charge is 0.251 e. The van der Waals surface area contributed by atoms with Gasteiger partial charge >= 0.3 is 0 Å². The van der Waals surface area contributed by atoms with Crippen LogP contribution in [-0.2, 0) is 9.53 Å². The summed E-state index contributed by atoms with van der Waals surface area (Å²) in [5.41, 5.74) is 0. The van der Waals surface area contributed by atoms with Gasteiger partial charge in [-0.05, 0) is 26.2 Å². The monoisotopic (exact) mass is 233 g/mol. The van der Waals surface area contributed by atoms with E-state index in [0.717, 1.165) is 25.8 Å². The van der Waals surface area contributed by atoms with E-state index >= 15 is 0 Å². The van der Waals surface area contributed by atoms with Crippen molar-refractivity contribution in [2.75, 3.05) is 19.0 Å². The van der Waals surface area contributed by atoms with Gasteiger partial charge in [-0.25, -0.2) is 0 Å². The second-order valence-electron chi connectivity index (χ2n) is 4.03. The van der Waals surface area contributed by atoms with Crippen LogP contribution in [0, 0.1) is 0 Å². The van der Waals surface area contributed by atoms with Gasteiger partial charge in [0.1, 0.15) is 6.10 Å². The standard InChI is InChI=1S/C11H20ClNO2/c1-3-7-13(8-6-12)11(14)10-5-4-9(2)15-10/h9-10H,3-8H2,1-2H3. The fourth-order valence-electron chi connectivity index (χ4n) is 1.89. The van der Waals surface area contributed by atoms with Gasteiger partial charge in [0.05, 0.1) is 6.10 Å². The van der Waals surface area contributed by atoms with E-state index in [-0.39, 0.29) is 18.1 Å². The average molecular weight is 234 g/mol. The molecule has 2 atom stereocenters. The second kappa shape index (κ2) is 6.33. The third-order valence-electron chi connectivity index (χ3n) is 2.67. The molecule has 0 spiro atoms. The fourth-order valence-corrected chi connectivity index (χ4v) is 2.10. The molecule has 0 aliphatic carbocycles. The van der Waals surface area contributed by atoms with Crippen molar-refractivity contribution in [3.8, 4) is 0 Å². The molecule has 1 fully saturated rings. The van der Waals surface area contributed by atoms with Crippen LogP contribution < -0.4 is 0 Å². The Morgan fingerprint density at radius 3 is 2.67 bits per heavy atom. The summed E-state index contributed by atoms with van der Waals surface area (Å²) in [6, 6.07) is 0. The number of carbonyl (C=O) groups excluding carboxylic acids is 1. The van der Waals surface area contributed by atoms with E-state index in [1.807, 2.05) is 11.8 Å². The summed E-state index contributed by atoms with van der Waals surface area (Å²) < 4.78 is 5.56. The van der Waals surface area contributed by atoms with Crippen molar-refractivity contribution in [3.05, 3.63) is 0 Å². The van der Waals surface area contributed by atoms with Crippen LogP contribution >= 0.6 is 11.6 Å². The Morgan fingerprint density at radius 1 is 1.47 bits per heavy atom. The zero-order valence-corrected chi connectivity index (χ0v) is 10.3. The summed E-state index contributed by atoms with van der Waals surface area (Å²) in [6.45, 7) is 5.48. The molecule has 2 unspecified atom stereocenters. The van der Waals surface area contributed by atoms with Crippen molar-refractivity contribution in [1.29, 1.82) is 0 Å². The molecule has 1 saturated heterocycles. The third-order valence-corrected chi connectivity index (χ3v) is 2.84. The SMILES string of the molecule is CCCN(CCCl)C(=O)C1CCC(C)O1. The molecule has 1 amide bonds. The highest BCUT2D eigenvalue weighted by Crippen LogP contribution is 2.20. The molecule has 0 radical (unpaired) electrons. The molecule has 1 rings (SSSR count). The molecule has 3 nitrogen and oxygen atoms in total. The molecule has 0 bridgehead atoms. The summed E-state index contributed by atoms with van der Waals surface area (Å²) >= 11 is 5.68. The summed E-state index contributed by atoms with van der Waals surface area (Å²) in [5, 5.41) is 0.